The molecule has 0 spiro atoms. The third-order valence-electron chi connectivity index (χ3n) is 5.00. The highest BCUT2D eigenvalue weighted by Gasteiger charge is 2.48. The second-order valence-electron chi connectivity index (χ2n) is 6.86. The quantitative estimate of drug-likeness (QED) is 0.375. The lowest BCUT2D eigenvalue weighted by Gasteiger charge is -2.25. The summed E-state index contributed by atoms with van der Waals surface area (Å²) in [5.74, 6) is -5.67. The summed E-state index contributed by atoms with van der Waals surface area (Å²) in [5, 5.41) is 11.0. The highest BCUT2D eigenvalue weighted by molar-refractivity contribution is 6.51. The maximum absolute atomic E-state index is 14.6. The molecule has 2 heterocycles. The van der Waals surface area contributed by atoms with Crippen LogP contribution >= 0.6 is 0 Å². The van der Waals surface area contributed by atoms with Crippen LogP contribution in [0.1, 0.15) is 17.3 Å². The molecule has 1 saturated heterocycles. The second kappa shape index (κ2) is 8.18. The standard InChI is InChI=1S/C23H15F3N2O4/c1-32-18-8-6-12(24)10-14(18)21(29)19-20(16-4-2-3-9-27-16)28(23(31)22(19)30)17-7-5-13(25)11-15(17)26/h2-11,20,29H,1H3/b21-19+. The van der Waals surface area contributed by atoms with E-state index in [4.69, 9.17) is 4.74 Å². The SMILES string of the molecule is COc1ccc(F)cc1/C(O)=C1\C(=O)C(=O)N(c2ccc(F)cc2F)C1c1ccccn1. The molecule has 6 nitrogen and oxygen atoms in total. The molecule has 9 heteroatoms. The average molecular weight is 440 g/mol. The molecule has 3 aromatic rings. The number of methoxy groups -OCH3 is 1. The molecular formula is C23H15F3N2O4. The number of benzene rings is 2. The van der Waals surface area contributed by atoms with Crippen LogP contribution in [0.5, 0.6) is 5.75 Å². The molecule has 1 amide bonds. The fourth-order valence-electron chi connectivity index (χ4n) is 3.59. The Morgan fingerprint density at radius 3 is 2.41 bits per heavy atom. The van der Waals surface area contributed by atoms with Crippen molar-refractivity contribution in [1.29, 1.82) is 0 Å². The van der Waals surface area contributed by atoms with E-state index in [0.29, 0.717) is 6.07 Å². The van der Waals surface area contributed by atoms with E-state index in [1.807, 2.05) is 0 Å². The summed E-state index contributed by atoms with van der Waals surface area (Å²) in [6, 6.07) is 9.07. The molecule has 1 atom stereocenters. The van der Waals surface area contributed by atoms with E-state index in [-0.39, 0.29) is 22.7 Å². The van der Waals surface area contributed by atoms with Gasteiger partial charge in [-0.1, -0.05) is 6.07 Å². The van der Waals surface area contributed by atoms with Gasteiger partial charge in [0.2, 0.25) is 0 Å². The van der Waals surface area contributed by atoms with E-state index in [2.05, 4.69) is 4.98 Å². The highest BCUT2D eigenvalue weighted by atomic mass is 19.1. The third-order valence-corrected chi connectivity index (χ3v) is 5.00. The van der Waals surface area contributed by atoms with E-state index in [0.717, 1.165) is 29.2 Å². The average Bonchev–Trinajstić information content (AvgIpc) is 3.04. The van der Waals surface area contributed by atoms with Crippen LogP contribution in [0.4, 0.5) is 18.9 Å². The van der Waals surface area contributed by atoms with Gasteiger partial charge >= 0.3 is 0 Å². The fraction of sp³-hybridized carbons (Fsp3) is 0.0870. The third kappa shape index (κ3) is 3.47. The topological polar surface area (TPSA) is 79.7 Å². The lowest BCUT2D eigenvalue weighted by atomic mass is 9.97. The number of hydrogen-bond donors (Lipinski definition) is 1. The van der Waals surface area contributed by atoms with Crippen molar-refractivity contribution in [3.63, 3.8) is 0 Å². The maximum Gasteiger partial charge on any atom is 0.300 e. The van der Waals surface area contributed by atoms with Crippen molar-refractivity contribution in [3.05, 3.63) is 95.1 Å². The van der Waals surface area contributed by atoms with Crippen molar-refractivity contribution in [3.8, 4) is 5.75 Å². The zero-order valence-corrected chi connectivity index (χ0v) is 16.6. The number of ether oxygens (including phenoxy) is 1. The summed E-state index contributed by atoms with van der Waals surface area (Å²) in [6.45, 7) is 0. The van der Waals surface area contributed by atoms with Crippen molar-refractivity contribution >= 4 is 23.1 Å². The minimum atomic E-state index is -1.36. The van der Waals surface area contributed by atoms with E-state index in [1.54, 1.807) is 12.1 Å². The van der Waals surface area contributed by atoms with Crippen molar-refractivity contribution in [2.45, 2.75) is 6.04 Å². The van der Waals surface area contributed by atoms with Gasteiger partial charge < -0.3 is 9.84 Å². The monoisotopic (exact) mass is 440 g/mol. The van der Waals surface area contributed by atoms with E-state index in [1.165, 1.54) is 25.4 Å². The Balaban J connectivity index is 2.00. The van der Waals surface area contributed by atoms with Gasteiger partial charge in [-0.2, -0.15) is 0 Å². The molecule has 0 saturated carbocycles. The molecule has 0 radical (unpaired) electrons. The molecule has 32 heavy (non-hydrogen) atoms. The summed E-state index contributed by atoms with van der Waals surface area (Å²) in [6.07, 6.45) is 1.39. The van der Waals surface area contributed by atoms with Crippen LogP contribution in [-0.2, 0) is 9.59 Å². The smallest absolute Gasteiger partial charge is 0.300 e. The van der Waals surface area contributed by atoms with Crippen molar-refractivity contribution in [1.82, 2.24) is 4.98 Å². The van der Waals surface area contributed by atoms with Gasteiger partial charge in [-0.15, -0.1) is 0 Å². The van der Waals surface area contributed by atoms with Crippen molar-refractivity contribution in [2.75, 3.05) is 12.0 Å². The number of aliphatic hydroxyl groups excluding tert-OH is 1. The molecule has 4 rings (SSSR count). The van der Waals surface area contributed by atoms with E-state index < -0.39 is 46.5 Å². The first kappa shape index (κ1) is 21.1. The molecule has 162 valence electrons. The van der Waals surface area contributed by atoms with Crippen molar-refractivity contribution < 1.29 is 32.6 Å². The molecule has 0 bridgehead atoms. The maximum atomic E-state index is 14.6. The van der Waals surface area contributed by atoms with Crippen LogP contribution in [0, 0.1) is 17.5 Å². The predicted molar refractivity (Wildman–Crippen MR) is 108 cm³/mol. The number of anilines is 1. The largest absolute Gasteiger partial charge is 0.507 e. The Morgan fingerprint density at radius 1 is 1.03 bits per heavy atom. The number of pyridine rings is 1. The Bertz CT molecular complexity index is 1260. The molecule has 1 N–H and O–H groups in total. The number of aliphatic hydroxyl groups is 1. The van der Waals surface area contributed by atoms with Crippen LogP contribution in [0.2, 0.25) is 0 Å². The highest BCUT2D eigenvalue weighted by Crippen LogP contribution is 2.43. The number of Topliss-reactive ketones (excluding diaryl/α,β-unsaturated/α-hetero) is 1. The number of rotatable bonds is 4. The Labute approximate surface area is 180 Å². The van der Waals surface area contributed by atoms with Gasteiger partial charge in [0.15, 0.2) is 0 Å². The number of nitrogens with zero attached hydrogens (tertiary/aromatic N) is 2. The lowest BCUT2D eigenvalue weighted by Crippen LogP contribution is -2.30. The first-order valence-corrected chi connectivity index (χ1v) is 9.34. The molecular weight excluding hydrogens is 425 g/mol. The van der Waals surface area contributed by atoms with Crippen molar-refractivity contribution in [2.24, 2.45) is 0 Å². The molecule has 1 fully saturated rings. The van der Waals surface area contributed by atoms with Gasteiger partial charge in [-0.05, 0) is 42.5 Å². The molecule has 1 aliphatic rings. The zero-order valence-electron chi connectivity index (χ0n) is 16.6. The number of hydrogen-bond acceptors (Lipinski definition) is 5. The minimum absolute atomic E-state index is 0.0443. The number of amides is 1. The molecule has 1 aromatic heterocycles. The van der Waals surface area contributed by atoms with Crippen LogP contribution < -0.4 is 9.64 Å². The minimum Gasteiger partial charge on any atom is -0.507 e. The van der Waals surface area contributed by atoms with Gasteiger partial charge in [-0.3, -0.25) is 19.5 Å². The molecule has 1 unspecified atom stereocenters. The summed E-state index contributed by atoms with van der Waals surface area (Å²) in [5.41, 5.74) is -0.867. The van der Waals surface area contributed by atoms with Gasteiger partial charge in [-0.25, -0.2) is 13.2 Å². The van der Waals surface area contributed by atoms with Gasteiger partial charge in [0.1, 0.15) is 35.0 Å². The Kier molecular flexibility index (Phi) is 5.40. The van der Waals surface area contributed by atoms with Gasteiger partial charge in [0.05, 0.1) is 29.6 Å². The summed E-state index contributed by atoms with van der Waals surface area (Å²) in [4.78, 5) is 30.8. The predicted octanol–water partition coefficient (Wildman–Crippen LogP) is 4.13. The molecule has 0 aliphatic carbocycles. The Morgan fingerprint density at radius 2 is 1.75 bits per heavy atom. The van der Waals surface area contributed by atoms with Crippen LogP contribution in [0.25, 0.3) is 5.76 Å². The number of ketones is 1. The van der Waals surface area contributed by atoms with Crippen LogP contribution in [0.15, 0.2) is 66.4 Å². The first-order valence-electron chi connectivity index (χ1n) is 9.34. The van der Waals surface area contributed by atoms with E-state index >= 15 is 0 Å². The number of aromatic nitrogens is 1. The lowest BCUT2D eigenvalue weighted by molar-refractivity contribution is -0.132. The number of carbonyl (C=O) groups is 2. The molecule has 2 aromatic carbocycles. The number of carbonyl (C=O) groups excluding carboxylic acids is 2. The first-order chi connectivity index (χ1) is 15.3. The summed E-state index contributed by atoms with van der Waals surface area (Å²) >= 11 is 0. The summed E-state index contributed by atoms with van der Waals surface area (Å²) < 4.78 is 47.1. The Hall–Kier alpha value is -4.14. The second-order valence-corrected chi connectivity index (χ2v) is 6.86. The van der Waals surface area contributed by atoms with E-state index in [9.17, 15) is 27.9 Å². The molecule has 1 aliphatic heterocycles. The van der Waals surface area contributed by atoms with Crippen LogP contribution in [0.3, 0.4) is 0 Å². The van der Waals surface area contributed by atoms with Crippen LogP contribution in [-0.4, -0.2) is 28.9 Å². The van der Waals surface area contributed by atoms with Gasteiger partial charge in [0, 0.05) is 12.3 Å². The summed E-state index contributed by atoms with van der Waals surface area (Å²) in [7, 11) is 1.28. The number of halogens is 3. The normalized spacial score (nSPS) is 17.6. The zero-order chi connectivity index (χ0) is 23.0. The van der Waals surface area contributed by atoms with Gasteiger partial charge in [0.25, 0.3) is 11.7 Å². The fourth-order valence-corrected chi connectivity index (χ4v) is 3.59.